The minimum absolute atomic E-state index is 0.0765. The van der Waals surface area contributed by atoms with Gasteiger partial charge in [-0.15, -0.1) is 0 Å². The zero-order valence-corrected chi connectivity index (χ0v) is 19.1. The van der Waals surface area contributed by atoms with Crippen LogP contribution in [0.3, 0.4) is 0 Å². The van der Waals surface area contributed by atoms with Gasteiger partial charge in [0, 0.05) is 23.8 Å². The van der Waals surface area contributed by atoms with Gasteiger partial charge in [0.25, 0.3) is 0 Å². The zero-order valence-electron chi connectivity index (χ0n) is 17.5. The Bertz CT molecular complexity index is 1040. The number of hydrogen-bond acceptors (Lipinski definition) is 6. The predicted octanol–water partition coefficient (Wildman–Crippen LogP) is 3.58. The molecule has 1 heterocycles. The molecule has 0 atom stereocenters. The predicted molar refractivity (Wildman–Crippen MR) is 121 cm³/mol. The molecule has 10 heteroatoms. The number of carbonyl (C=O) groups excluding carboxylic acids is 1. The Morgan fingerprint density at radius 2 is 1.84 bits per heavy atom. The van der Waals surface area contributed by atoms with Crippen LogP contribution < -0.4 is 20.1 Å². The number of hydrogen-bond donors (Lipinski definition) is 2. The molecule has 31 heavy (non-hydrogen) atoms. The smallest absolute Gasteiger partial charge is 0.246 e. The highest BCUT2D eigenvalue weighted by Crippen LogP contribution is 2.32. The molecule has 0 unspecified atom stereocenters. The van der Waals surface area contributed by atoms with Crippen LogP contribution in [0.1, 0.15) is 19.8 Å². The second-order valence-electron chi connectivity index (χ2n) is 6.95. The molecule has 2 aromatic carbocycles. The van der Waals surface area contributed by atoms with Gasteiger partial charge >= 0.3 is 0 Å². The number of sulfonamides is 1. The molecule has 0 radical (unpaired) electrons. The minimum atomic E-state index is -3.68. The van der Waals surface area contributed by atoms with Crippen LogP contribution in [-0.4, -0.2) is 52.0 Å². The van der Waals surface area contributed by atoms with Gasteiger partial charge in [0.2, 0.25) is 15.9 Å². The van der Waals surface area contributed by atoms with E-state index in [9.17, 15) is 13.2 Å². The average molecular weight is 468 g/mol. The number of anilines is 2. The largest absolute Gasteiger partial charge is 0.495 e. The minimum Gasteiger partial charge on any atom is -0.495 e. The van der Waals surface area contributed by atoms with Gasteiger partial charge in [-0.2, -0.15) is 4.31 Å². The van der Waals surface area contributed by atoms with Gasteiger partial charge in [0.1, 0.15) is 16.4 Å². The first-order valence-electron chi connectivity index (χ1n) is 9.99. The van der Waals surface area contributed by atoms with E-state index in [1.54, 1.807) is 37.3 Å². The third-order valence-corrected chi connectivity index (χ3v) is 6.97. The monoisotopic (exact) mass is 467 g/mol. The van der Waals surface area contributed by atoms with Crippen LogP contribution >= 0.6 is 11.6 Å². The molecular weight excluding hydrogens is 442 g/mol. The van der Waals surface area contributed by atoms with Crippen LogP contribution in [-0.2, 0) is 14.8 Å². The highest BCUT2D eigenvalue weighted by molar-refractivity contribution is 7.89. The van der Waals surface area contributed by atoms with Crippen molar-refractivity contribution in [2.45, 2.75) is 24.7 Å². The lowest BCUT2D eigenvalue weighted by Crippen LogP contribution is -2.28. The van der Waals surface area contributed by atoms with Gasteiger partial charge in [-0.05, 0) is 56.2 Å². The molecule has 1 aliphatic rings. The van der Waals surface area contributed by atoms with Gasteiger partial charge in [-0.3, -0.25) is 4.79 Å². The number of rotatable bonds is 9. The molecule has 0 spiro atoms. The summed E-state index contributed by atoms with van der Waals surface area (Å²) < 4.78 is 38.4. The van der Waals surface area contributed by atoms with Crippen LogP contribution in [0.25, 0.3) is 0 Å². The Kier molecular flexibility index (Phi) is 7.64. The molecule has 0 aromatic heterocycles. The zero-order chi connectivity index (χ0) is 22.4. The average Bonchev–Trinajstić information content (AvgIpc) is 3.29. The van der Waals surface area contributed by atoms with E-state index in [4.69, 9.17) is 21.1 Å². The summed E-state index contributed by atoms with van der Waals surface area (Å²) in [7, 11) is -2.18. The standard InChI is InChI=1S/C21H26ClN3O5S/c1-3-30-19-9-7-16(13-20(19)31(27,28)25-10-4-5-11-25)23-14-21(26)24-17-12-15(22)6-8-18(17)29-2/h6-9,12-13,23H,3-5,10-11,14H2,1-2H3,(H,24,26). The van der Waals surface area contributed by atoms with Gasteiger partial charge < -0.3 is 20.1 Å². The summed E-state index contributed by atoms with van der Waals surface area (Å²) in [5.41, 5.74) is 0.945. The van der Waals surface area contributed by atoms with Crippen LogP contribution in [0.2, 0.25) is 5.02 Å². The Labute approximate surface area is 187 Å². The van der Waals surface area contributed by atoms with E-state index in [1.165, 1.54) is 17.5 Å². The summed E-state index contributed by atoms with van der Waals surface area (Å²) in [4.78, 5) is 12.5. The molecule has 2 N–H and O–H groups in total. The second-order valence-corrected chi connectivity index (χ2v) is 9.29. The van der Waals surface area contributed by atoms with E-state index in [0.717, 1.165) is 12.8 Å². The van der Waals surface area contributed by atoms with E-state index in [-0.39, 0.29) is 17.3 Å². The van der Waals surface area contributed by atoms with Crippen LogP contribution in [0.5, 0.6) is 11.5 Å². The van der Waals surface area contributed by atoms with E-state index in [2.05, 4.69) is 10.6 Å². The van der Waals surface area contributed by atoms with Gasteiger partial charge in [0.05, 0.1) is 25.9 Å². The fourth-order valence-electron chi connectivity index (χ4n) is 3.32. The molecule has 0 saturated carbocycles. The van der Waals surface area contributed by atoms with Crippen LogP contribution in [0.15, 0.2) is 41.3 Å². The molecule has 1 aliphatic heterocycles. The number of nitrogens with one attached hydrogen (secondary N) is 2. The number of methoxy groups -OCH3 is 1. The summed E-state index contributed by atoms with van der Waals surface area (Å²) in [6.45, 7) is 3.06. The number of carbonyl (C=O) groups is 1. The molecule has 1 saturated heterocycles. The highest BCUT2D eigenvalue weighted by Gasteiger charge is 2.30. The van der Waals surface area contributed by atoms with Crippen molar-refractivity contribution in [1.82, 2.24) is 4.31 Å². The van der Waals surface area contributed by atoms with Gasteiger partial charge in [0.15, 0.2) is 0 Å². The number of halogens is 1. The number of benzene rings is 2. The van der Waals surface area contributed by atoms with Crippen molar-refractivity contribution in [3.8, 4) is 11.5 Å². The lowest BCUT2D eigenvalue weighted by molar-refractivity contribution is -0.114. The Balaban J connectivity index is 1.75. The first-order chi connectivity index (χ1) is 14.8. The molecule has 168 valence electrons. The van der Waals surface area contributed by atoms with Crippen molar-refractivity contribution in [2.75, 3.05) is 44.0 Å². The Hall–Kier alpha value is -2.49. The number of nitrogens with zero attached hydrogens (tertiary/aromatic N) is 1. The molecule has 2 aromatic rings. The fraction of sp³-hybridized carbons (Fsp3) is 0.381. The fourth-order valence-corrected chi connectivity index (χ4v) is 5.16. The summed E-state index contributed by atoms with van der Waals surface area (Å²) >= 11 is 5.99. The summed E-state index contributed by atoms with van der Waals surface area (Å²) in [5, 5.41) is 6.16. The Morgan fingerprint density at radius 1 is 1.13 bits per heavy atom. The van der Waals surface area contributed by atoms with E-state index < -0.39 is 10.0 Å². The lowest BCUT2D eigenvalue weighted by atomic mass is 10.2. The Morgan fingerprint density at radius 3 is 2.52 bits per heavy atom. The maximum atomic E-state index is 13.1. The van der Waals surface area contributed by atoms with Crippen molar-refractivity contribution in [3.05, 3.63) is 41.4 Å². The van der Waals surface area contributed by atoms with E-state index in [1.807, 2.05) is 0 Å². The third kappa shape index (κ3) is 5.61. The third-order valence-electron chi connectivity index (χ3n) is 4.82. The molecule has 3 rings (SSSR count). The number of amides is 1. The molecule has 8 nitrogen and oxygen atoms in total. The first-order valence-corrected chi connectivity index (χ1v) is 11.8. The molecule has 1 amide bonds. The number of ether oxygens (including phenoxy) is 2. The molecule has 1 fully saturated rings. The van der Waals surface area contributed by atoms with Crippen molar-refractivity contribution < 1.29 is 22.7 Å². The SMILES string of the molecule is CCOc1ccc(NCC(=O)Nc2cc(Cl)ccc2OC)cc1S(=O)(=O)N1CCCC1. The van der Waals surface area contributed by atoms with E-state index in [0.29, 0.717) is 47.6 Å². The van der Waals surface area contributed by atoms with Crippen LogP contribution in [0, 0.1) is 0 Å². The summed E-state index contributed by atoms with van der Waals surface area (Å²) in [5.74, 6) is 0.448. The van der Waals surface area contributed by atoms with Crippen LogP contribution in [0.4, 0.5) is 11.4 Å². The maximum Gasteiger partial charge on any atom is 0.246 e. The highest BCUT2D eigenvalue weighted by atomic mass is 35.5. The quantitative estimate of drug-likeness (QED) is 0.585. The van der Waals surface area contributed by atoms with E-state index >= 15 is 0 Å². The van der Waals surface area contributed by atoms with Crippen molar-refractivity contribution in [1.29, 1.82) is 0 Å². The maximum absolute atomic E-state index is 13.1. The van der Waals surface area contributed by atoms with Gasteiger partial charge in [-0.1, -0.05) is 11.6 Å². The molecular formula is C21H26ClN3O5S. The topological polar surface area (TPSA) is 97.0 Å². The molecule has 0 bridgehead atoms. The second kappa shape index (κ2) is 10.2. The van der Waals surface area contributed by atoms with Crippen molar-refractivity contribution >= 4 is 38.9 Å². The van der Waals surface area contributed by atoms with Crippen molar-refractivity contribution in [3.63, 3.8) is 0 Å². The van der Waals surface area contributed by atoms with Crippen molar-refractivity contribution in [2.24, 2.45) is 0 Å². The van der Waals surface area contributed by atoms with Gasteiger partial charge in [-0.25, -0.2) is 8.42 Å². The summed E-state index contributed by atoms with van der Waals surface area (Å²) in [6, 6.07) is 9.71. The molecule has 0 aliphatic carbocycles. The lowest BCUT2D eigenvalue weighted by Gasteiger charge is -2.19. The summed E-state index contributed by atoms with van der Waals surface area (Å²) in [6.07, 6.45) is 1.68. The first kappa shape index (κ1) is 23.2. The normalized spacial score (nSPS) is 14.3.